The molecule has 2 nitrogen and oxygen atoms in total. The van der Waals surface area contributed by atoms with Crippen molar-refractivity contribution in [3.05, 3.63) is 24.4 Å². The Morgan fingerprint density at radius 3 is 2.71 bits per heavy atom. The maximum atomic E-state index is 4.42. The zero-order chi connectivity index (χ0) is 9.43. The van der Waals surface area contributed by atoms with E-state index in [1.165, 1.54) is 44.5 Å². The lowest BCUT2D eigenvalue weighted by Gasteiger charge is -2.22. The van der Waals surface area contributed by atoms with Gasteiger partial charge in [0.05, 0.1) is 5.54 Å². The van der Waals surface area contributed by atoms with Gasteiger partial charge in [0.15, 0.2) is 0 Å². The fourth-order valence-corrected chi connectivity index (χ4v) is 2.73. The van der Waals surface area contributed by atoms with Crippen LogP contribution < -0.4 is 4.90 Å². The summed E-state index contributed by atoms with van der Waals surface area (Å²) < 4.78 is 0. The van der Waals surface area contributed by atoms with E-state index in [9.17, 15) is 0 Å². The number of hydrogen-bond donors (Lipinski definition) is 0. The summed E-state index contributed by atoms with van der Waals surface area (Å²) in [6, 6.07) is 6.20. The lowest BCUT2D eigenvalue weighted by Crippen LogP contribution is -2.22. The van der Waals surface area contributed by atoms with Crippen LogP contribution in [0.5, 0.6) is 0 Å². The SMILES string of the molecule is c1ccc(N2CC23CCCCC3)nc1. The van der Waals surface area contributed by atoms with Crippen LogP contribution in [0.1, 0.15) is 32.1 Å². The van der Waals surface area contributed by atoms with Gasteiger partial charge in [-0.05, 0) is 25.0 Å². The second-order valence-corrected chi connectivity index (χ2v) is 4.56. The van der Waals surface area contributed by atoms with Crippen molar-refractivity contribution in [1.29, 1.82) is 0 Å². The van der Waals surface area contributed by atoms with Crippen molar-refractivity contribution in [1.82, 2.24) is 4.98 Å². The highest BCUT2D eigenvalue weighted by Crippen LogP contribution is 2.46. The molecular formula is C12H16N2. The van der Waals surface area contributed by atoms with Crippen LogP contribution in [-0.4, -0.2) is 17.1 Å². The first kappa shape index (κ1) is 8.27. The summed E-state index contributed by atoms with van der Waals surface area (Å²) in [5, 5.41) is 0. The quantitative estimate of drug-likeness (QED) is 0.630. The number of anilines is 1. The summed E-state index contributed by atoms with van der Waals surface area (Å²) in [7, 11) is 0. The van der Waals surface area contributed by atoms with Crippen molar-refractivity contribution in [3.8, 4) is 0 Å². The van der Waals surface area contributed by atoms with Crippen LogP contribution in [0.3, 0.4) is 0 Å². The standard InChI is InChI=1S/C12H16N2/c1-3-7-12(8-4-1)10-14(12)11-6-2-5-9-13-11/h2,5-6,9H,1,3-4,7-8,10H2. The highest BCUT2D eigenvalue weighted by Gasteiger charge is 2.52. The maximum absolute atomic E-state index is 4.42. The second kappa shape index (κ2) is 2.97. The Labute approximate surface area is 85.0 Å². The smallest absolute Gasteiger partial charge is 0.129 e. The lowest BCUT2D eigenvalue weighted by molar-refractivity contribution is 0.422. The zero-order valence-electron chi connectivity index (χ0n) is 8.45. The molecule has 3 rings (SSSR count). The predicted octanol–water partition coefficient (Wildman–Crippen LogP) is 2.60. The Kier molecular flexibility index (Phi) is 1.76. The molecular weight excluding hydrogens is 172 g/mol. The highest BCUT2D eigenvalue weighted by atomic mass is 15.4. The molecule has 1 aromatic heterocycles. The van der Waals surface area contributed by atoms with Crippen molar-refractivity contribution in [2.24, 2.45) is 0 Å². The van der Waals surface area contributed by atoms with Gasteiger partial charge in [0.25, 0.3) is 0 Å². The van der Waals surface area contributed by atoms with Gasteiger partial charge in [0.1, 0.15) is 5.82 Å². The van der Waals surface area contributed by atoms with Crippen LogP contribution in [0.2, 0.25) is 0 Å². The summed E-state index contributed by atoms with van der Waals surface area (Å²) in [6.07, 6.45) is 8.89. The molecule has 1 saturated heterocycles. The molecule has 0 atom stereocenters. The van der Waals surface area contributed by atoms with Crippen LogP contribution in [0.15, 0.2) is 24.4 Å². The fourth-order valence-electron chi connectivity index (χ4n) is 2.73. The molecule has 2 heteroatoms. The van der Waals surface area contributed by atoms with Gasteiger partial charge >= 0.3 is 0 Å². The Morgan fingerprint density at radius 2 is 2.00 bits per heavy atom. The molecule has 74 valence electrons. The maximum Gasteiger partial charge on any atom is 0.129 e. The normalized spacial score (nSPS) is 23.9. The van der Waals surface area contributed by atoms with Crippen LogP contribution in [-0.2, 0) is 0 Å². The van der Waals surface area contributed by atoms with Gasteiger partial charge < -0.3 is 4.90 Å². The molecule has 1 aliphatic carbocycles. The van der Waals surface area contributed by atoms with Crippen molar-refractivity contribution >= 4 is 5.82 Å². The monoisotopic (exact) mass is 188 g/mol. The number of hydrogen-bond acceptors (Lipinski definition) is 2. The summed E-state index contributed by atoms with van der Waals surface area (Å²) in [6.45, 7) is 1.24. The molecule has 0 bridgehead atoms. The van der Waals surface area contributed by atoms with Crippen LogP contribution in [0.25, 0.3) is 0 Å². The average Bonchev–Trinajstić information content (AvgIpc) is 2.95. The van der Waals surface area contributed by atoms with E-state index in [0.717, 1.165) is 0 Å². The minimum atomic E-state index is 0.520. The van der Waals surface area contributed by atoms with Gasteiger partial charge in [-0.2, -0.15) is 0 Å². The van der Waals surface area contributed by atoms with Crippen LogP contribution in [0, 0.1) is 0 Å². The Morgan fingerprint density at radius 1 is 1.14 bits per heavy atom. The molecule has 2 aliphatic rings. The molecule has 1 aromatic rings. The van der Waals surface area contributed by atoms with E-state index < -0.39 is 0 Å². The molecule has 2 fully saturated rings. The number of pyridine rings is 1. The molecule has 1 spiro atoms. The predicted molar refractivity (Wildman–Crippen MR) is 57.4 cm³/mol. The van der Waals surface area contributed by atoms with Crippen molar-refractivity contribution in [3.63, 3.8) is 0 Å². The van der Waals surface area contributed by atoms with Crippen LogP contribution >= 0.6 is 0 Å². The van der Waals surface area contributed by atoms with Gasteiger partial charge in [0, 0.05) is 12.7 Å². The van der Waals surface area contributed by atoms with E-state index in [4.69, 9.17) is 0 Å². The van der Waals surface area contributed by atoms with E-state index >= 15 is 0 Å². The summed E-state index contributed by atoms with van der Waals surface area (Å²) in [4.78, 5) is 6.89. The third-order valence-electron chi connectivity index (χ3n) is 3.63. The van der Waals surface area contributed by atoms with Crippen molar-refractivity contribution < 1.29 is 0 Å². The van der Waals surface area contributed by atoms with Crippen LogP contribution in [0.4, 0.5) is 5.82 Å². The summed E-state index contributed by atoms with van der Waals surface area (Å²) >= 11 is 0. The summed E-state index contributed by atoms with van der Waals surface area (Å²) in [5.74, 6) is 1.18. The third kappa shape index (κ3) is 1.21. The molecule has 1 aliphatic heterocycles. The Hall–Kier alpha value is -1.05. The topological polar surface area (TPSA) is 15.9 Å². The first-order chi connectivity index (χ1) is 6.91. The van der Waals surface area contributed by atoms with Gasteiger partial charge in [0.2, 0.25) is 0 Å². The summed E-state index contributed by atoms with van der Waals surface area (Å²) in [5.41, 5.74) is 0.520. The van der Waals surface area contributed by atoms with E-state index in [-0.39, 0.29) is 0 Å². The largest absolute Gasteiger partial charge is 0.347 e. The average molecular weight is 188 g/mol. The van der Waals surface area contributed by atoms with Gasteiger partial charge in [-0.25, -0.2) is 4.98 Å². The Bertz CT molecular complexity index is 314. The van der Waals surface area contributed by atoms with E-state index in [1.54, 1.807) is 0 Å². The molecule has 1 saturated carbocycles. The van der Waals surface area contributed by atoms with Gasteiger partial charge in [-0.15, -0.1) is 0 Å². The molecule has 0 radical (unpaired) electrons. The minimum absolute atomic E-state index is 0.520. The van der Waals surface area contributed by atoms with E-state index in [0.29, 0.717) is 5.54 Å². The highest BCUT2D eigenvalue weighted by molar-refractivity contribution is 5.52. The minimum Gasteiger partial charge on any atom is -0.347 e. The molecule has 0 N–H and O–H groups in total. The zero-order valence-corrected chi connectivity index (χ0v) is 8.45. The number of rotatable bonds is 1. The second-order valence-electron chi connectivity index (χ2n) is 4.56. The number of nitrogens with zero attached hydrogens (tertiary/aromatic N) is 2. The first-order valence-electron chi connectivity index (χ1n) is 5.59. The molecule has 0 amide bonds. The third-order valence-corrected chi connectivity index (χ3v) is 3.63. The van der Waals surface area contributed by atoms with Crippen molar-refractivity contribution in [2.45, 2.75) is 37.6 Å². The lowest BCUT2D eigenvalue weighted by atomic mass is 9.89. The number of aromatic nitrogens is 1. The van der Waals surface area contributed by atoms with Gasteiger partial charge in [-0.3, -0.25) is 0 Å². The molecule has 14 heavy (non-hydrogen) atoms. The first-order valence-corrected chi connectivity index (χ1v) is 5.59. The van der Waals surface area contributed by atoms with E-state index in [1.807, 2.05) is 12.3 Å². The van der Waals surface area contributed by atoms with Gasteiger partial charge in [-0.1, -0.05) is 25.3 Å². The molecule has 0 unspecified atom stereocenters. The molecule has 0 aromatic carbocycles. The van der Waals surface area contributed by atoms with Crippen molar-refractivity contribution in [2.75, 3.05) is 11.4 Å². The fraction of sp³-hybridized carbons (Fsp3) is 0.583. The Balaban J connectivity index is 1.78. The van der Waals surface area contributed by atoms with E-state index in [2.05, 4.69) is 22.0 Å². The molecule has 2 heterocycles.